The smallest absolute Gasteiger partial charge is 0.0960 e. The topological polar surface area (TPSA) is 24.9 Å². The maximum atomic E-state index is 12.4. The molecule has 0 atom stereocenters. The highest BCUT2D eigenvalue weighted by atomic mass is 35.5. The minimum atomic E-state index is 0.372. The van der Waals surface area contributed by atoms with Crippen LogP contribution in [0.2, 0.25) is 5.02 Å². The van der Waals surface area contributed by atoms with Gasteiger partial charge in [0.15, 0.2) is 0 Å². The SMILES string of the molecule is Cc1cc(NF)c2ncc(Cl)cc2c1. The second kappa shape index (κ2) is 3.42. The first-order valence-electron chi connectivity index (χ1n) is 4.13. The first-order valence-corrected chi connectivity index (χ1v) is 4.51. The number of aromatic nitrogens is 1. The van der Waals surface area contributed by atoms with Crippen LogP contribution in [0, 0.1) is 6.92 Å². The number of benzene rings is 1. The summed E-state index contributed by atoms with van der Waals surface area (Å²) >= 11 is 5.79. The number of aryl methyl sites for hydroxylation is 1. The number of halogens is 2. The Morgan fingerprint density at radius 2 is 2.14 bits per heavy atom. The Morgan fingerprint density at radius 3 is 2.86 bits per heavy atom. The third-order valence-corrected chi connectivity index (χ3v) is 2.20. The summed E-state index contributed by atoms with van der Waals surface area (Å²) in [6.07, 6.45) is 1.50. The van der Waals surface area contributed by atoms with Crippen molar-refractivity contribution in [3.05, 3.63) is 35.0 Å². The highest BCUT2D eigenvalue weighted by molar-refractivity contribution is 6.31. The lowest BCUT2D eigenvalue weighted by Crippen LogP contribution is -1.89. The fraction of sp³-hybridized carbons (Fsp3) is 0.100. The van der Waals surface area contributed by atoms with Gasteiger partial charge in [0.2, 0.25) is 0 Å². The van der Waals surface area contributed by atoms with Crippen molar-refractivity contribution in [2.45, 2.75) is 6.92 Å². The van der Waals surface area contributed by atoms with Gasteiger partial charge in [-0.05, 0) is 30.7 Å². The minimum absolute atomic E-state index is 0.372. The van der Waals surface area contributed by atoms with Crippen molar-refractivity contribution in [3.63, 3.8) is 0 Å². The number of nitrogens with zero attached hydrogens (tertiary/aromatic N) is 1. The lowest BCUT2D eigenvalue weighted by molar-refractivity contribution is 0.619. The molecule has 0 aliphatic rings. The van der Waals surface area contributed by atoms with E-state index in [2.05, 4.69) is 4.98 Å². The lowest BCUT2D eigenvalue weighted by atomic mass is 10.1. The molecule has 14 heavy (non-hydrogen) atoms. The third kappa shape index (κ3) is 1.51. The van der Waals surface area contributed by atoms with Crippen molar-refractivity contribution in [3.8, 4) is 0 Å². The molecular formula is C10H8ClFN2. The molecule has 2 nitrogen and oxygen atoms in total. The van der Waals surface area contributed by atoms with E-state index >= 15 is 0 Å². The summed E-state index contributed by atoms with van der Waals surface area (Å²) in [6.45, 7) is 1.89. The van der Waals surface area contributed by atoms with Crippen LogP contribution in [-0.4, -0.2) is 4.98 Å². The van der Waals surface area contributed by atoms with Gasteiger partial charge in [0.25, 0.3) is 0 Å². The molecule has 4 heteroatoms. The molecule has 1 aromatic carbocycles. The predicted molar refractivity (Wildman–Crippen MR) is 56.2 cm³/mol. The number of pyridine rings is 1. The molecule has 0 bridgehead atoms. The zero-order valence-corrected chi connectivity index (χ0v) is 8.27. The van der Waals surface area contributed by atoms with E-state index in [9.17, 15) is 4.48 Å². The molecule has 1 aromatic heterocycles. The highest BCUT2D eigenvalue weighted by Gasteiger charge is 2.03. The molecule has 0 saturated carbocycles. The number of anilines is 1. The summed E-state index contributed by atoms with van der Waals surface area (Å²) in [4.78, 5) is 4.06. The van der Waals surface area contributed by atoms with Crippen LogP contribution in [-0.2, 0) is 0 Å². The second-order valence-corrected chi connectivity index (χ2v) is 3.57. The van der Waals surface area contributed by atoms with E-state index < -0.39 is 0 Å². The van der Waals surface area contributed by atoms with E-state index in [0.717, 1.165) is 10.9 Å². The van der Waals surface area contributed by atoms with Gasteiger partial charge in [0, 0.05) is 11.6 Å². The van der Waals surface area contributed by atoms with Gasteiger partial charge < -0.3 is 0 Å². The average molecular weight is 211 g/mol. The summed E-state index contributed by atoms with van der Waals surface area (Å²) in [5.74, 6) is 0. The predicted octanol–water partition coefficient (Wildman–Crippen LogP) is 3.49. The second-order valence-electron chi connectivity index (χ2n) is 3.13. The van der Waals surface area contributed by atoms with E-state index in [1.165, 1.54) is 6.20 Å². The van der Waals surface area contributed by atoms with Crippen LogP contribution in [0.4, 0.5) is 10.2 Å². The number of nitrogens with one attached hydrogen (secondary N) is 1. The summed E-state index contributed by atoms with van der Waals surface area (Å²) < 4.78 is 12.4. The third-order valence-electron chi connectivity index (χ3n) is 2.00. The van der Waals surface area contributed by atoms with Gasteiger partial charge in [-0.2, -0.15) is 0 Å². The lowest BCUT2D eigenvalue weighted by Gasteiger charge is -2.04. The molecule has 72 valence electrons. The van der Waals surface area contributed by atoms with Crippen molar-refractivity contribution in [1.29, 1.82) is 0 Å². The monoisotopic (exact) mass is 210 g/mol. The Balaban J connectivity index is 2.81. The van der Waals surface area contributed by atoms with Crippen LogP contribution < -0.4 is 5.54 Å². The molecule has 0 aliphatic heterocycles. The van der Waals surface area contributed by atoms with Crippen molar-refractivity contribution >= 4 is 28.2 Å². The van der Waals surface area contributed by atoms with Crippen molar-refractivity contribution in [2.24, 2.45) is 0 Å². The summed E-state index contributed by atoms with van der Waals surface area (Å²) in [5, 5.41) is 1.38. The first-order chi connectivity index (χ1) is 6.70. The fourth-order valence-corrected chi connectivity index (χ4v) is 1.61. The standard InChI is InChI=1S/C10H8ClFN2/c1-6-2-7-4-8(11)5-13-10(7)9(3-6)14-12/h2-5,14H,1H3. The number of hydrogen-bond donors (Lipinski definition) is 1. The van der Waals surface area contributed by atoms with Gasteiger partial charge in [-0.25, -0.2) is 5.54 Å². The molecular weight excluding hydrogens is 203 g/mol. The van der Waals surface area contributed by atoms with Gasteiger partial charge in [-0.15, -0.1) is 4.48 Å². The van der Waals surface area contributed by atoms with Crippen molar-refractivity contribution in [1.82, 2.24) is 4.98 Å². The normalized spacial score (nSPS) is 10.5. The molecule has 2 rings (SSSR count). The van der Waals surface area contributed by atoms with E-state index in [1.807, 2.05) is 13.0 Å². The van der Waals surface area contributed by atoms with Crippen LogP contribution >= 0.6 is 11.6 Å². The van der Waals surface area contributed by atoms with Crippen LogP contribution in [0.25, 0.3) is 10.9 Å². The van der Waals surface area contributed by atoms with Gasteiger partial charge >= 0.3 is 0 Å². The van der Waals surface area contributed by atoms with Crippen LogP contribution in [0.5, 0.6) is 0 Å². The summed E-state index contributed by atoms with van der Waals surface area (Å²) in [6, 6.07) is 5.37. The zero-order valence-electron chi connectivity index (χ0n) is 7.51. The Hall–Kier alpha value is -1.35. The average Bonchev–Trinajstić information content (AvgIpc) is 2.15. The van der Waals surface area contributed by atoms with Crippen LogP contribution in [0.15, 0.2) is 24.4 Å². The quantitative estimate of drug-likeness (QED) is 0.729. The van der Waals surface area contributed by atoms with E-state index in [1.54, 1.807) is 17.7 Å². The molecule has 0 saturated heterocycles. The summed E-state index contributed by atoms with van der Waals surface area (Å²) in [7, 11) is 0. The minimum Gasteiger partial charge on any atom is -0.252 e. The van der Waals surface area contributed by atoms with Gasteiger partial charge in [-0.1, -0.05) is 11.6 Å². The Morgan fingerprint density at radius 1 is 1.36 bits per heavy atom. The van der Waals surface area contributed by atoms with E-state index in [4.69, 9.17) is 11.6 Å². The van der Waals surface area contributed by atoms with Gasteiger partial charge in [0.1, 0.15) is 0 Å². The molecule has 0 unspecified atom stereocenters. The molecule has 0 aliphatic carbocycles. The summed E-state index contributed by atoms with van der Waals surface area (Å²) in [5.41, 5.74) is 3.54. The van der Waals surface area contributed by atoms with Crippen molar-refractivity contribution < 1.29 is 4.48 Å². The van der Waals surface area contributed by atoms with Gasteiger partial charge in [0.05, 0.1) is 16.2 Å². The maximum absolute atomic E-state index is 12.4. The Bertz CT molecular complexity index is 480. The first kappa shape index (κ1) is 9.21. The van der Waals surface area contributed by atoms with Crippen molar-refractivity contribution in [2.75, 3.05) is 5.54 Å². The zero-order chi connectivity index (χ0) is 10.1. The van der Waals surface area contributed by atoms with Crippen LogP contribution in [0.1, 0.15) is 5.56 Å². The van der Waals surface area contributed by atoms with E-state index in [-0.39, 0.29) is 0 Å². The molecule has 0 amide bonds. The maximum Gasteiger partial charge on any atom is 0.0960 e. The largest absolute Gasteiger partial charge is 0.252 e. The molecule has 0 spiro atoms. The van der Waals surface area contributed by atoms with Crippen LogP contribution in [0.3, 0.4) is 0 Å². The molecule has 2 aromatic rings. The molecule has 0 fully saturated rings. The molecule has 1 N–H and O–H groups in total. The number of hydrogen-bond acceptors (Lipinski definition) is 2. The number of rotatable bonds is 1. The van der Waals surface area contributed by atoms with Gasteiger partial charge in [-0.3, -0.25) is 4.98 Å². The van der Waals surface area contributed by atoms with E-state index in [0.29, 0.717) is 16.2 Å². The Kier molecular flexibility index (Phi) is 2.25. The Labute approximate surface area is 85.7 Å². The highest BCUT2D eigenvalue weighted by Crippen LogP contribution is 2.25. The molecule has 0 radical (unpaired) electrons. The molecule has 1 heterocycles. The number of fused-ring (bicyclic) bond motifs is 1. The fourth-order valence-electron chi connectivity index (χ4n) is 1.45.